The molecule has 2 amide bonds. The number of aromatic nitrogens is 2. The first-order valence-electron chi connectivity index (χ1n) is 8.08. The van der Waals surface area contributed by atoms with Crippen molar-refractivity contribution in [3.8, 4) is 0 Å². The predicted octanol–water partition coefficient (Wildman–Crippen LogP) is 2.24. The summed E-state index contributed by atoms with van der Waals surface area (Å²) < 4.78 is 5.09. The van der Waals surface area contributed by atoms with Crippen LogP contribution in [0.2, 0.25) is 0 Å². The number of nitrogens with one attached hydrogen (secondary N) is 1. The second-order valence-electron chi connectivity index (χ2n) is 5.81. The number of anilines is 1. The van der Waals surface area contributed by atoms with Gasteiger partial charge in [-0.3, -0.25) is 14.6 Å². The van der Waals surface area contributed by atoms with Gasteiger partial charge in [0.2, 0.25) is 0 Å². The van der Waals surface area contributed by atoms with Crippen LogP contribution in [0.25, 0.3) is 0 Å². The molecular weight excluding hydrogens is 308 g/mol. The highest BCUT2D eigenvalue weighted by molar-refractivity contribution is 6.39. The molecule has 126 valence electrons. The third-order valence-corrected chi connectivity index (χ3v) is 4.31. The van der Waals surface area contributed by atoms with Gasteiger partial charge in [-0.15, -0.1) is 0 Å². The average Bonchev–Trinajstić information content (AvgIpc) is 3.22. The summed E-state index contributed by atoms with van der Waals surface area (Å²) in [6, 6.07) is 3.68. The van der Waals surface area contributed by atoms with E-state index in [2.05, 4.69) is 15.5 Å². The van der Waals surface area contributed by atoms with E-state index in [1.807, 2.05) is 19.1 Å². The molecule has 1 aliphatic rings. The quantitative estimate of drug-likeness (QED) is 0.873. The summed E-state index contributed by atoms with van der Waals surface area (Å²) in [5.41, 5.74) is 2.13. The Morgan fingerprint density at radius 3 is 2.83 bits per heavy atom. The van der Waals surface area contributed by atoms with Crippen LogP contribution < -0.4 is 5.32 Å². The number of carbonyl (C=O) groups excluding carboxylic acids is 2. The third-order valence-electron chi connectivity index (χ3n) is 4.31. The zero-order chi connectivity index (χ0) is 17.1. The number of hydrogen-bond donors (Lipinski definition) is 1. The van der Waals surface area contributed by atoms with Gasteiger partial charge in [-0.2, -0.15) is 0 Å². The van der Waals surface area contributed by atoms with E-state index < -0.39 is 11.8 Å². The summed E-state index contributed by atoms with van der Waals surface area (Å²) in [5.74, 6) is -0.686. The molecule has 3 rings (SSSR count). The lowest BCUT2D eigenvalue weighted by Crippen LogP contribution is -2.39. The molecule has 24 heavy (non-hydrogen) atoms. The minimum Gasteiger partial charge on any atom is -0.359 e. The molecule has 1 N–H and O–H groups in total. The monoisotopic (exact) mass is 328 g/mol. The molecule has 1 saturated heterocycles. The SMILES string of the molecule is CCc1noc(C)c1NC(=O)C(=O)N1CCC[C@H]1c1ccncc1. The molecule has 1 aliphatic heterocycles. The summed E-state index contributed by atoms with van der Waals surface area (Å²) in [5, 5.41) is 6.54. The Kier molecular flexibility index (Phi) is 4.59. The van der Waals surface area contributed by atoms with E-state index in [0.717, 1.165) is 18.4 Å². The number of amides is 2. The minimum atomic E-state index is -0.656. The van der Waals surface area contributed by atoms with Gasteiger partial charge >= 0.3 is 11.8 Å². The fourth-order valence-electron chi connectivity index (χ4n) is 3.06. The second-order valence-corrected chi connectivity index (χ2v) is 5.81. The van der Waals surface area contributed by atoms with Crippen LogP contribution in [0, 0.1) is 6.92 Å². The molecule has 1 fully saturated rings. The number of nitrogens with zero attached hydrogens (tertiary/aromatic N) is 3. The van der Waals surface area contributed by atoms with Crippen molar-refractivity contribution in [2.45, 2.75) is 39.2 Å². The van der Waals surface area contributed by atoms with Crippen molar-refractivity contribution in [3.05, 3.63) is 41.5 Å². The number of carbonyl (C=O) groups is 2. The zero-order valence-electron chi connectivity index (χ0n) is 13.8. The smallest absolute Gasteiger partial charge is 0.314 e. The largest absolute Gasteiger partial charge is 0.359 e. The number of aryl methyl sites for hydroxylation is 2. The standard InChI is InChI=1S/C17H20N4O3/c1-3-13-15(11(2)24-20-13)19-16(22)17(23)21-10-4-5-14(21)12-6-8-18-9-7-12/h6-9,14H,3-5,10H2,1-2H3,(H,19,22)/t14-/m0/s1. The summed E-state index contributed by atoms with van der Waals surface area (Å²) >= 11 is 0. The molecule has 0 radical (unpaired) electrons. The van der Waals surface area contributed by atoms with Gasteiger partial charge in [0, 0.05) is 18.9 Å². The van der Waals surface area contributed by atoms with Gasteiger partial charge in [0.1, 0.15) is 11.4 Å². The van der Waals surface area contributed by atoms with E-state index >= 15 is 0 Å². The first-order valence-corrected chi connectivity index (χ1v) is 8.08. The van der Waals surface area contributed by atoms with E-state index in [0.29, 0.717) is 30.1 Å². The number of rotatable bonds is 3. The number of pyridine rings is 1. The van der Waals surface area contributed by atoms with Gasteiger partial charge < -0.3 is 14.7 Å². The van der Waals surface area contributed by atoms with Crippen LogP contribution in [-0.2, 0) is 16.0 Å². The Labute approximate surface area is 140 Å². The van der Waals surface area contributed by atoms with Crippen molar-refractivity contribution >= 4 is 17.5 Å². The van der Waals surface area contributed by atoms with Crippen LogP contribution in [-0.4, -0.2) is 33.4 Å². The molecule has 7 nitrogen and oxygen atoms in total. The molecule has 0 aliphatic carbocycles. The fraction of sp³-hybridized carbons (Fsp3) is 0.412. The summed E-state index contributed by atoms with van der Waals surface area (Å²) in [4.78, 5) is 30.6. The van der Waals surface area contributed by atoms with Crippen LogP contribution in [0.1, 0.15) is 42.8 Å². The molecular formula is C17H20N4O3. The first kappa shape index (κ1) is 16.2. The van der Waals surface area contributed by atoms with E-state index in [-0.39, 0.29) is 6.04 Å². The van der Waals surface area contributed by atoms with Crippen molar-refractivity contribution in [1.82, 2.24) is 15.0 Å². The maximum Gasteiger partial charge on any atom is 0.314 e. The minimum absolute atomic E-state index is 0.0829. The average molecular weight is 328 g/mol. The van der Waals surface area contributed by atoms with E-state index in [9.17, 15) is 9.59 Å². The van der Waals surface area contributed by atoms with Gasteiger partial charge in [-0.25, -0.2) is 0 Å². The van der Waals surface area contributed by atoms with Crippen LogP contribution in [0.15, 0.2) is 29.0 Å². The zero-order valence-corrected chi connectivity index (χ0v) is 13.8. The van der Waals surface area contributed by atoms with Crippen molar-refractivity contribution < 1.29 is 14.1 Å². The van der Waals surface area contributed by atoms with Crippen molar-refractivity contribution in [2.75, 3.05) is 11.9 Å². The fourth-order valence-corrected chi connectivity index (χ4v) is 3.06. The Bertz CT molecular complexity index is 742. The highest BCUT2D eigenvalue weighted by Gasteiger charge is 2.34. The lowest BCUT2D eigenvalue weighted by Gasteiger charge is -2.24. The van der Waals surface area contributed by atoms with Crippen molar-refractivity contribution in [3.63, 3.8) is 0 Å². The van der Waals surface area contributed by atoms with Crippen molar-refractivity contribution in [1.29, 1.82) is 0 Å². The maximum atomic E-state index is 12.6. The van der Waals surface area contributed by atoms with Gasteiger partial charge in [-0.1, -0.05) is 12.1 Å². The summed E-state index contributed by atoms with van der Waals surface area (Å²) in [6.07, 6.45) is 5.73. The topological polar surface area (TPSA) is 88.3 Å². The summed E-state index contributed by atoms with van der Waals surface area (Å²) in [7, 11) is 0. The highest BCUT2D eigenvalue weighted by Crippen LogP contribution is 2.31. The normalized spacial score (nSPS) is 17.1. The molecule has 0 aromatic carbocycles. The molecule has 7 heteroatoms. The second kappa shape index (κ2) is 6.82. The number of likely N-dealkylation sites (tertiary alicyclic amines) is 1. The van der Waals surface area contributed by atoms with Gasteiger partial charge in [-0.05, 0) is 43.9 Å². The van der Waals surface area contributed by atoms with Gasteiger partial charge in [0.15, 0.2) is 5.76 Å². The molecule has 0 unspecified atom stereocenters. The molecule has 0 saturated carbocycles. The van der Waals surface area contributed by atoms with Crippen LogP contribution in [0.4, 0.5) is 5.69 Å². The van der Waals surface area contributed by atoms with E-state index in [4.69, 9.17) is 4.52 Å². The third kappa shape index (κ3) is 3.02. The van der Waals surface area contributed by atoms with Crippen LogP contribution >= 0.6 is 0 Å². The van der Waals surface area contributed by atoms with E-state index in [1.165, 1.54) is 0 Å². The van der Waals surface area contributed by atoms with Gasteiger partial charge in [0.25, 0.3) is 0 Å². The molecule has 1 atom stereocenters. The molecule has 2 aromatic rings. The number of hydrogen-bond acceptors (Lipinski definition) is 5. The molecule has 0 bridgehead atoms. The molecule has 2 aromatic heterocycles. The lowest BCUT2D eigenvalue weighted by atomic mass is 10.1. The Balaban J connectivity index is 1.75. The van der Waals surface area contributed by atoms with E-state index in [1.54, 1.807) is 24.2 Å². The maximum absolute atomic E-state index is 12.6. The van der Waals surface area contributed by atoms with Crippen molar-refractivity contribution in [2.24, 2.45) is 0 Å². The molecule has 3 heterocycles. The Morgan fingerprint density at radius 2 is 2.12 bits per heavy atom. The first-order chi connectivity index (χ1) is 11.6. The molecule has 0 spiro atoms. The van der Waals surface area contributed by atoms with Gasteiger partial charge in [0.05, 0.1) is 6.04 Å². The Morgan fingerprint density at radius 1 is 1.38 bits per heavy atom. The van der Waals surface area contributed by atoms with Crippen LogP contribution in [0.5, 0.6) is 0 Å². The highest BCUT2D eigenvalue weighted by atomic mass is 16.5. The van der Waals surface area contributed by atoms with Crippen LogP contribution in [0.3, 0.4) is 0 Å². The predicted molar refractivity (Wildman–Crippen MR) is 87.2 cm³/mol. The summed E-state index contributed by atoms with van der Waals surface area (Å²) in [6.45, 7) is 4.19. The lowest BCUT2D eigenvalue weighted by molar-refractivity contribution is -0.143. The Hall–Kier alpha value is -2.70.